The summed E-state index contributed by atoms with van der Waals surface area (Å²) in [4.78, 5) is 14.6. The van der Waals surface area contributed by atoms with Crippen LogP contribution in [-0.2, 0) is 6.54 Å². The number of benzene rings is 1. The van der Waals surface area contributed by atoms with E-state index in [1.54, 1.807) is 18.2 Å². The van der Waals surface area contributed by atoms with Gasteiger partial charge in [-0.05, 0) is 32.3 Å². The summed E-state index contributed by atoms with van der Waals surface area (Å²) < 4.78 is 0. The van der Waals surface area contributed by atoms with E-state index in [1.165, 1.54) is 17.4 Å². The van der Waals surface area contributed by atoms with Gasteiger partial charge in [0, 0.05) is 35.5 Å². The Hall–Kier alpha value is -1.80. The maximum Gasteiger partial charge on any atom is 0.278 e. The monoisotopic (exact) mass is 335 g/mol. The molecule has 0 aliphatic carbocycles. The average molecular weight is 335 g/mol. The van der Waals surface area contributed by atoms with Crippen LogP contribution in [0.25, 0.3) is 10.4 Å². The Balaban J connectivity index is 1.98. The minimum absolute atomic E-state index is 0.121. The highest BCUT2D eigenvalue weighted by Crippen LogP contribution is 2.34. The number of hydrogen-bond donors (Lipinski definition) is 2. The molecule has 1 heterocycles. The molecule has 0 aliphatic rings. The van der Waals surface area contributed by atoms with Gasteiger partial charge in [-0.2, -0.15) is 0 Å². The van der Waals surface area contributed by atoms with E-state index in [0.717, 1.165) is 9.75 Å². The topological polar surface area (TPSA) is 78.6 Å². The van der Waals surface area contributed by atoms with Crippen molar-refractivity contribution in [3.8, 4) is 10.4 Å². The SMILES string of the molecule is CN(C)CC(O)CNCc1ccc(-c2ccccc2[N+](=O)[O-])s1. The largest absolute Gasteiger partial charge is 0.390 e. The zero-order valence-electron chi connectivity index (χ0n) is 13.2. The Kier molecular flexibility index (Phi) is 6.23. The molecule has 6 nitrogen and oxygen atoms in total. The molecule has 1 atom stereocenters. The summed E-state index contributed by atoms with van der Waals surface area (Å²) in [5, 5.41) is 24.1. The fourth-order valence-electron chi connectivity index (χ4n) is 2.31. The first-order valence-corrected chi connectivity index (χ1v) is 8.15. The second-order valence-electron chi connectivity index (χ2n) is 5.59. The number of nitrogens with zero attached hydrogens (tertiary/aromatic N) is 2. The van der Waals surface area contributed by atoms with Crippen molar-refractivity contribution in [1.82, 2.24) is 10.2 Å². The third kappa shape index (κ3) is 5.11. The Morgan fingerprint density at radius 1 is 1.30 bits per heavy atom. The lowest BCUT2D eigenvalue weighted by molar-refractivity contribution is -0.384. The van der Waals surface area contributed by atoms with Crippen molar-refractivity contribution in [2.75, 3.05) is 27.2 Å². The summed E-state index contributed by atoms with van der Waals surface area (Å²) in [5.74, 6) is 0. The molecule has 1 unspecified atom stereocenters. The van der Waals surface area contributed by atoms with Crippen LogP contribution in [0.4, 0.5) is 5.69 Å². The van der Waals surface area contributed by atoms with E-state index in [-0.39, 0.29) is 10.6 Å². The van der Waals surface area contributed by atoms with Crippen molar-refractivity contribution in [3.05, 3.63) is 51.4 Å². The number of aliphatic hydroxyl groups is 1. The minimum atomic E-state index is -0.417. The first-order valence-electron chi connectivity index (χ1n) is 7.33. The van der Waals surface area contributed by atoms with E-state index in [0.29, 0.717) is 25.2 Å². The average Bonchev–Trinajstić information content (AvgIpc) is 2.95. The van der Waals surface area contributed by atoms with Gasteiger partial charge in [0.15, 0.2) is 0 Å². The number of hydrogen-bond acceptors (Lipinski definition) is 6. The molecule has 1 aromatic carbocycles. The fraction of sp³-hybridized carbons (Fsp3) is 0.375. The van der Waals surface area contributed by atoms with Crippen LogP contribution in [-0.4, -0.2) is 48.2 Å². The number of nitro benzene ring substituents is 1. The predicted molar refractivity (Wildman–Crippen MR) is 92.7 cm³/mol. The van der Waals surface area contributed by atoms with E-state index in [1.807, 2.05) is 31.1 Å². The van der Waals surface area contributed by atoms with Gasteiger partial charge in [0.25, 0.3) is 5.69 Å². The van der Waals surface area contributed by atoms with Crippen molar-refractivity contribution in [2.45, 2.75) is 12.6 Å². The van der Waals surface area contributed by atoms with Gasteiger partial charge >= 0.3 is 0 Å². The molecule has 2 aromatic rings. The Morgan fingerprint density at radius 3 is 2.74 bits per heavy atom. The molecule has 0 saturated carbocycles. The van der Waals surface area contributed by atoms with Crippen molar-refractivity contribution >= 4 is 17.0 Å². The summed E-state index contributed by atoms with van der Waals surface area (Å²) in [6, 6.07) is 10.6. The van der Waals surface area contributed by atoms with Gasteiger partial charge in [0.1, 0.15) is 0 Å². The summed E-state index contributed by atoms with van der Waals surface area (Å²) in [6.07, 6.45) is -0.417. The third-order valence-electron chi connectivity index (χ3n) is 3.28. The summed E-state index contributed by atoms with van der Waals surface area (Å²) in [7, 11) is 3.84. The van der Waals surface area contributed by atoms with Gasteiger partial charge in [-0.25, -0.2) is 0 Å². The first kappa shape index (κ1) is 17.6. The van der Waals surface area contributed by atoms with Crippen molar-refractivity contribution in [3.63, 3.8) is 0 Å². The first-order chi connectivity index (χ1) is 11.0. The van der Waals surface area contributed by atoms with Gasteiger partial charge in [-0.15, -0.1) is 11.3 Å². The Labute approximate surface area is 139 Å². The highest BCUT2D eigenvalue weighted by Gasteiger charge is 2.15. The number of aliphatic hydroxyl groups excluding tert-OH is 1. The van der Waals surface area contributed by atoms with Crippen molar-refractivity contribution in [2.24, 2.45) is 0 Å². The Bertz CT molecular complexity index is 658. The lowest BCUT2D eigenvalue weighted by Crippen LogP contribution is -2.34. The van der Waals surface area contributed by atoms with Gasteiger partial charge in [-0.1, -0.05) is 12.1 Å². The molecule has 0 bridgehead atoms. The van der Waals surface area contributed by atoms with Crippen LogP contribution in [0.1, 0.15) is 4.88 Å². The number of rotatable bonds is 8. The van der Waals surface area contributed by atoms with Crippen LogP contribution in [0.15, 0.2) is 36.4 Å². The zero-order valence-corrected chi connectivity index (χ0v) is 14.0. The van der Waals surface area contributed by atoms with Gasteiger partial charge in [0.2, 0.25) is 0 Å². The minimum Gasteiger partial charge on any atom is -0.390 e. The zero-order chi connectivity index (χ0) is 16.8. The summed E-state index contributed by atoms with van der Waals surface area (Å²) in [5.41, 5.74) is 0.761. The van der Waals surface area contributed by atoms with Crippen LogP contribution in [0.2, 0.25) is 0 Å². The molecule has 2 rings (SSSR count). The lowest BCUT2D eigenvalue weighted by atomic mass is 10.1. The summed E-state index contributed by atoms with van der Waals surface area (Å²) in [6.45, 7) is 1.76. The lowest BCUT2D eigenvalue weighted by Gasteiger charge is -2.16. The molecule has 0 aliphatic heterocycles. The Morgan fingerprint density at radius 2 is 2.04 bits per heavy atom. The van der Waals surface area contributed by atoms with E-state index in [2.05, 4.69) is 5.32 Å². The van der Waals surface area contributed by atoms with E-state index in [9.17, 15) is 15.2 Å². The third-order valence-corrected chi connectivity index (χ3v) is 4.40. The number of likely N-dealkylation sites (N-methyl/N-ethyl adjacent to an activating group) is 1. The summed E-state index contributed by atoms with van der Waals surface area (Å²) >= 11 is 1.52. The van der Waals surface area contributed by atoms with Gasteiger partial charge < -0.3 is 15.3 Å². The molecule has 2 N–H and O–H groups in total. The van der Waals surface area contributed by atoms with Crippen LogP contribution < -0.4 is 5.32 Å². The molecule has 1 aromatic heterocycles. The maximum atomic E-state index is 11.1. The van der Waals surface area contributed by atoms with E-state index >= 15 is 0 Å². The van der Waals surface area contributed by atoms with Crippen LogP contribution >= 0.6 is 11.3 Å². The second kappa shape index (κ2) is 8.16. The molecule has 23 heavy (non-hydrogen) atoms. The van der Waals surface area contributed by atoms with Gasteiger partial charge in [0.05, 0.1) is 16.6 Å². The van der Waals surface area contributed by atoms with Crippen LogP contribution in [0, 0.1) is 10.1 Å². The highest BCUT2D eigenvalue weighted by molar-refractivity contribution is 7.15. The fourth-order valence-corrected chi connectivity index (χ4v) is 3.32. The van der Waals surface area contributed by atoms with Crippen LogP contribution in [0.5, 0.6) is 0 Å². The van der Waals surface area contributed by atoms with Crippen LogP contribution in [0.3, 0.4) is 0 Å². The van der Waals surface area contributed by atoms with Crippen molar-refractivity contribution in [1.29, 1.82) is 0 Å². The number of thiophene rings is 1. The van der Waals surface area contributed by atoms with Gasteiger partial charge in [-0.3, -0.25) is 10.1 Å². The number of para-hydroxylation sites is 1. The maximum absolute atomic E-state index is 11.1. The molecule has 124 valence electrons. The van der Waals surface area contributed by atoms with Crippen molar-refractivity contribution < 1.29 is 10.0 Å². The molecule has 0 amide bonds. The van der Waals surface area contributed by atoms with E-state index in [4.69, 9.17) is 0 Å². The molecule has 0 spiro atoms. The predicted octanol–water partition coefficient (Wildman–Crippen LogP) is 2.34. The number of nitro groups is 1. The molecular weight excluding hydrogens is 314 g/mol. The molecule has 0 fully saturated rings. The highest BCUT2D eigenvalue weighted by atomic mass is 32.1. The second-order valence-corrected chi connectivity index (χ2v) is 6.76. The molecule has 0 radical (unpaired) electrons. The quantitative estimate of drug-likeness (QED) is 0.572. The van der Waals surface area contributed by atoms with E-state index < -0.39 is 6.10 Å². The smallest absolute Gasteiger partial charge is 0.278 e. The number of nitrogens with one attached hydrogen (secondary N) is 1. The normalized spacial score (nSPS) is 12.5. The standard InChI is InChI=1S/C16H21N3O3S/c1-18(2)11-12(20)9-17-10-13-7-8-16(23-13)14-5-3-4-6-15(14)19(21)22/h3-8,12,17,20H,9-11H2,1-2H3. The molecule has 0 saturated heterocycles. The molecular formula is C16H21N3O3S. The molecule has 7 heteroatoms.